The van der Waals surface area contributed by atoms with E-state index in [1.54, 1.807) is 6.20 Å². The van der Waals surface area contributed by atoms with E-state index in [2.05, 4.69) is 43.8 Å². The summed E-state index contributed by atoms with van der Waals surface area (Å²) in [5, 5.41) is 17.8. The molecular formula is C25H25N7OS. The van der Waals surface area contributed by atoms with Crippen LogP contribution in [0.15, 0.2) is 48.8 Å². The first-order valence-corrected chi connectivity index (χ1v) is 12.5. The molecule has 4 heterocycles. The molecule has 1 unspecified atom stereocenters. The number of carbonyl (C=O) groups excluding carboxylic acids is 1. The molecule has 8 nitrogen and oxygen atoms in total. The Morgan fingerprint density at radius 2 is 2.03 bits per heavy atom. The maximum absolute atomic E-state index is 12.8. The summed E-state index contributed by atoms with van der Waals surface area (Å²) in [5.41, 5.74) is 3.72. The first kappa shape index (κ1) is 21.0. The number of fused-ring (bicyclic) bond motifs is 1. The lowest BCUT2D eigenvalue weighted by Crippen LogP contribution is -2.28. The minimum atomic E-state index is -0.0261. The van der Waals surface area contributed by atoms with Crippen molar-refractivity contribution in [2.45, 2.75) is 32.2 Å². The van der Waals surface area contributed by atoms with Gasteiger partial charge in [0.1, 0.15) is 5.82 Å². The van der Waals surface area contributed by atoms with E-state index in [0.717, 1.165) is 66.0 Å². The Morgan fingerprint density at radius 1 is 1.12 bits per heavy atom. The fourth-order valence-corrected chi connectivity index (χ4v) is 5.07. The van der Waals surface area contributed by atoms with Crippen molar-refractivity contribution in [2.24, 2.45) is 5.92 Å². The van der Waals surface area contributed by atoms with Crippen molar-refractivity contribution in [3.63, 3.8) is 0 Å². The van der Waals surface area contributed by atoms with Gasteiger partial charge in [0.15, 0.2) is 5.01 Å². The van der Waals surface area contributed by atoms with E-state index in [-0.39, 0.29) is 5.91 Å². The SMILES string of the molecule is CC1CCN(C(=O)c2nnc(-c3cnc(Nc4ccc5ncccc5c4)cc3NC3CC3)s2)C1. The average molecular weight is 472 g/mol. The molecular weight excluding hydrogens is 446 g/mol. The molecule has 4 aromatic rings. The standard InChI is InChI=1S/C25H25N7OS/c1-15-8-10-32(14-15)25(33)24-31-30-23(34-24)19-13-27-22(12-21(19)28-17-4-5-17)29-18-6-7-20-16(11-18)3-2-9-26-20/h2-3,6-7,9,11-13,15,17H,4-5,8,10,14H2,1H3,(H2,27,28,29). The highest BCUT2D eigenvalue weighted by molar-refractivity contribution is 7.16. The van der Waals surface area contributed by atoms with E-state index in [9.17, 15) is 4.79 Å². The second-order valence-corrected chi connectivity index (χ2v) is 10.1. The number of nitrogens with one attached hydrogen (secondary N) is 2. The Morgan fingerprint density at radius 3 is 2.85 bits per heavy atom. The third-order valence-electron chi connectivity index (χ3n) is 6.27. The van der Waals surface area contributed by atoms with Crippen LogP contribution in [0, 0.1) is 5.92 Å². The van der Waals surface area contributed by atoms with E-state index in [1.807, 2.05) is 41.4 Å². The van der Waals surface area contributed by atoms with Crippen molar-refractivity contribution in [3.8, 4) is 10.6 Å². The Bertz CT molecular complexity index is 1370. The Balaban J connectivity index is 1.27. The predicted octanol–water partition coefficient (Wildman–Crippen LogP) is 4.95. The minimum absolute atomic E-state index is 0.0261. The monoisotopic (exact) mass is 471 g/mol. The number of likely N-dealkylation sites (tertiary alicyclic amines) is 1. The van der Waals surface area contributed by atoms with Crippen molar-refractivity contribution in [1.82, 2.24) is 25.1 Å². The molecule has 2 aliphatic rings. The van der Waals surface area contributed by atoms with E-state index in [1.165, 1.54) is 11.3 Å². The van der Waals surface area contributed by atoms with E-state index < -0.39 is 0 Å². The van der Waals surface area contributed by atoms with Gasteiger partial charge in [-0.05, 0) is 49.4 Å². The first-order valence-electron chi connectivity index (χ1n) is 11.6. The van der Waals surface area contributed by atoms with Gasteiger partial charge in [0, 0.05) is 54.4 Å². The highest BCUT2D eigenvalue weighted by atomic mass is 32.1. The summed E-state index contributed by atoms with van der Waals surface area (Å²) in [6.07, 6.45) is 6.94. The number of pyridine rings is 2. The van der Waals surface area contributed by atoms with Crippen LogP contribution in [0.3, 0.4) is 0 Å². The van der Waals surface area contributed by atoms with Crippen molar-refractivity contribution in [2.75, 3.05) is 23.7 Å². The van der Waals surface area contributed by atoms with Gasteiger partial charge in [-0.1, -0.05) is 24.3 Å². The van der Waals surface area contributed by atoms with E-state index >= 15 is 0 Å². The molecule has 1 aliphatic heterocycles. The molecule has 0 spiro atoms. The van der Waals surface area contributed by atoms with Gasteiger partial charge in [-0.25, -0.2) is 4.98 Å². The normalized spacial score (nSPS) is 17.8. The molecule has 34 heavy (non-hydrogen) atoms. The van der Waals surface area contributed by atoms with Crippen molar-refractivity contribution >= 4 is 45.3 Å². The number of hydrogen-bond acceptors (Lipinski definition) is 8. The zero-order chi connectivity index (χ0) is 23.1. The van der Waals surface area contributed by atoms with Gasteiger partial charge in [0.05, 0.1) is 11.1 Å². The maximum Gasteiger partial charge on any atom is 0.284 e. The molecule has 1 atom stereocenters. The fourth-order valence-electron chi connectivity index (χ4n) is 4.24. The van der Waals surface area contributed by atoms with Crippen LogP contribution >= 0.6 is 11.3 Å². The fraction of sp³-hybridized carbons (Fsp3) is 0.320. The zero-order valence-electron chi connectivity index (χ0n) is 18.9. The summed E-state index contributed by atoms with van der Waals surface area (Å²) in [6, 6.07) is 12.5. The zero-order valence-corrected chi connectivity index (χ0v) is 19.7. The van der Waals surface area contributed by atoms with Crippen LogP contribution < -0.4 is 10.6 Å². The van der Waals surface area contributed by atoms with Crippen LogP contribution in [0.2, 0.25) is 0 Å². The smallest absolute Gasteiger partial charge is 0.284 e. The van der Waals surface area contributed by atoms with Gasteiger partial charge >= 0.3 is 0 Å². The van der Waals surface area contributed by atoms with Gasteiger partial charge < -0.3 is 15.5 Å². The number of carbonyl (C=O) groups is 1. The lowest BCUT2D eigenvalue weighted by atomic mass is 10.2. The topological polar surface area (TPSA) is 95.9 Å². The lowest BCUT2D eigenvalue weighted by Gasteiger charge is -2.13. The molecule has 1 saturated heterocycles. The molecule has 9 heteroatoms. The molecule has 172 valence electrons. The number of nitrogens with zero attached hydrogens (tertiary/aromatic N) is 5. The van der Waals surface area contributed by atoms with E-state index in [4.69, 9.17) is 0 Å². The van der Waals surface area contributed by atoms with Gasteiger partial charge in [-0.3, -0.25) is 9.78 Å². The summed E-state index contributed by atoms with van der Waals surface area (Å²) in [6.45, 7) is 3.75. The number of benzene rings is 1. The highest BCUT2D eigenvalue weighted by Gasteiger charge is 2.28. The van der Waals surface area contributed by atoms with Gasteiger partial charge in [0.25, 0.3) is 5.91 Å². The van der Waals surface area contributed by atoms with Crippen LogP contribution in [0.1, 0.15) is 36.0 Å². The Kier molecular flexibility index (Phi) is 5.33. The highest BCUT2D eigenvalue weighted by Crippen LogP contribution is 2.36. The van der Waals surface area contributed by atoms with Crippen molar-refractivity contribution in [3.05, 3.63) is 53.8 Å². The number of aromatic nitrogens is 4. The van der Waals surface area contributed by atoms with Crippen LogP contribution in [0.5, 0.6) is 0 Å². The van der Waals surface area contributed by atoms with Crippen LogP contribution in [0.4, 0.5) is 17.2 Å². The quantitative estimate of drug-likeness (QED) is 0.411. The summed E-state index contributed by atoms with van der Waals surface area (Å²) in [7, 11) is 0. The Hall–Kier alpha value is -3.59. The Labute approximate surface area is 201 Å². The molecule has 1 aliphatic carbocycles. The van der Waals surface area contributed by atoms with Gasteiger partial charge in [-0.15, -0.1) is 10.2 Å². The molecule has 6 rings (SSSR count). The third-order valence-corrected chi connectivity index (χ3v) is 7.21. The third kappa shape index (κ3) is 4.31. The minimum Gasteiger partial charge on any atom is -0.382 e. The second-order valence-electron chi connectivity index (χ2n) is 9.13. The molecule has 2 fully saturated rings. The van der Waals surface area contributed by atoms with Crippen LogP contribution in [0.25, 0.3) is 21.5 Å². The number of hydrogen-bond donors (Lipinski definition) is 2. The predicted molar refractivity (Wildman–Crippen MR) is 134 cm³/mol. The van der Waals surface area contributed by atoms with Gasteiger partial charge in [-0.2, -0.15) is 0 Å². The van der Waals surface area contributed by atoms with Crippen molar-refractivity contribution in [1.29, 1.82) is 0 Å². The molecule has 1 saturated carbocycles. The molecule has 0 radical (unpaired) electrons. The second kappa shape index (κ2) is 8.64. The summed E-state index contributed by atoms with van der Waals surface area (Å²) in [4.78, 5) is 23.7. The maximum atomic E-state index is 12.8. The van der Waals surface area contributed by atoms with Crippen LogP contribution in [-0.2, 0) is 0 Å². The van der Waals surface area contributed by atoms with Crippen molar-refractivity contribution < 1.29 is 4.79 Å². The number of rotatable bonds is 6. The van der Waals surface area contributed by atoms with Gasteiger partial charge in [0.2, 0.25) is 5.01 Å². The molecule has 1 amide bonds. The lowest BCUT2D eigenvalue weighted by molar-refractivity contribution is 0.0787. The first-order chi connectivity index (χ1) is 16.6. The van der Waals surface area contributed by atoms with E-state index in [0.29, 0.717) is 22.0 Å². The number of amides is 1. The number of anilines is 3. The largest absolute Gasteiger partial charge is 0.382 e. The summed E-state index contributed by atoms with van der Waals surface area (Å²) in [5.74, 6) is 1.25. The molecule has 2 N–H and O–H groups in total. The summed E-state index contributed by atoms with van der Waals surface area (Å²) < 4.78 is 0. The molecule has 0 bridgehead atoms. The van der Waals surface area contributed by atoms with Crippen LogP contribution in [-0.4, -0.2) is 50.1 Å². The average Bonchev–Trinajstić information content (AvgIpc) is 3.34. The summed E-state index contributed by atoms with van der Waals surface area (Å²) >= 11 is 1.33. The molecule has 1 aromatic carbocycles. The molecule has 3 aromatic heterocycles.